The number of rotatable bonds is 6. The highest BCUT2D eigenvalue weighted by atomic mass is 32.2. The molecule has 25 heavy (non-hydrogen) atoms. The first-order valence-corrected chi connectivity index (χ1v) is 10.1. The summed E-state index contributed by atoms with van der Waals surface area (Å²) < 4.78 is 1.76. The largest absolute Gasteiger partial charge is 0.336 e. The molecule has 0 saturated heterocycles. The third kappa shape index (κ3) is 3.45. The van der Waals surface area contributed by atoms with E-state index >= 15 is 0 Å². The van der Waals surface area contributed by atoms with Gasteiger partial charge in [0.1, 0.15) is 6.33 Å². The molecule has 0 N–H and O–H groups in total. The Labute approximate surface area is 152 Å². The molecule has 2 fully saturated rings. The Morgan fingerprint density at radius 2 is 1.80 bits per heavy atom. The van der Waals surface area contributed by atoms with Gasteiger partial charge in [-0.2, -0.15) is 0 Å². The van der Waals surface area contributed by atoms with E-state index in [4.69, 9.17) is 0 Å². The maximum atomic E-state index is 13.0. The maximum absolute atomic E-state index is 13.0. The summed E-state index contributed by atoms with van der Waals surface area (Å²) in [6.45, 7) is 1.99. The summed E-state index contributed by atoms with van der Waals surface area (Å²) >= 11 is 1.47. The topological polar surface area (TPSA) is 51.0 Å². The van der Waals surface area contributed by atoms with Gasteiger partial charge in [0, 0.05) is 12.1 Å². The van der Waals surface area contributed by atoms with Gasteiger partial charge >= 0.3 is 0 Å². The lowest BCUT2D eigenvalue weighted by molar-refractivity contribution is -0.139. The number of amides is 1. The van der Waals surface area contributed by atoms with E-state index in [-0.39, 0.29) is 11.2 Å². The summed E-state index contributed by atoms with van der Waals surface area (Å²) in [4.78, 5) is 19.6. The molecule has 1 aromatic carbocycles. The zero-order valence-corrected chi connectivity index (χ0v) is 15.4. The fraction of sp³-hybridized carbons (Fsp3) is 0.526. The van der Waals surface area contributed by atoms with Crippen molar-refractivity contribution in [2.24, 2.45) is 0 Å². The molecule has 1 amide bonds. The Morgan fingerprint density at radius 3 is 2.36 bits per heavy atom. The van der Waals surface area contributed by atoms with Crippen molar-refractivity contribution in [2.45, 2.75) is 67.9 Å². The van der Waals surface area contributed by atoms with Crippen molar-refractivity contribution >= 4 is 17.7 Å². The summed E-state index contributed by atoms with van der Waals surface area (Å²) in [5, 5.41) is 5.03. The van der Waals surface area contributed by atoms with Crippen molar-refractivity contribution in [1.82, 2.24) is 19.7 Å². The molecule has 2 aliphatic rings. The van der Waals surface area contributed by atoms with Crippen molar-refractivity contribution in [3.8, 4) is 5.69 Å². The second-order valence-electron chi connectivity index (χ2n) is 6.98. The van der Waals surface area contributed by atoms with Crippen molar-refractivity contribution < 1.29 is 4.79 Å². The molecule has 4 rings (SSSR count). The summed E-state index contributed by atoms with van der Waals surface area (Å²) in [5.41, 5.74) is 0.978. The van der Waals surface area contributed by atoms with Gasteiger partial charge in [-0.15, -0.1) is 5.10 Å². The first-order chi connectivity index (χ1) is 12.2. The van der Waals surface area contributed by atoms with E-state index < -0.39 is 0 Å². The molecule has 0 bridgehead atoms. The molecule has 6 heteroatoms. The minimum atomic E-state index is -0.146. The molecule has 132 valence electrons. The summed E-state index contributed by atoms with van der Waals surface area (Å²) in [6.07, 6.45) is 8.89. The fourth-order valence-electron chi connectivity index (χ4n) is 3.41. The van der Waals surface area contributed by atoms with Crippen LogP contribution in [0.25, 0.3) is 5.69 Å². The summed E-state index contributed by atoms with van der Waals surface area (Å²) in [5.74, 6) is 0.260. The van der Waals surface area contributed by atoms with E-state index in [9.17, 15) is 4.79 Å². The number of para-hydroxylation sites is 1. The highest BCUT2D eigenvalue weighted by Gasteiger charge is 2.38. The number of aromatic nitrogens is 3. The van der Waals surface area contributed by atoms with Crippen molar-refractivity contribution in [1.29, 1.82) is 0 Å². The lowest BCUT2D eigenvalue weighted by atomic mass is 9.84. The molecule has 0 spiro atoms. The molecule has 2 aromatic rings. The molecule has 1 unspecified atom stereocenters. The van der Waals surface area contributed by atoms with Crippen molar-refractivity contribution in [3.05, 3.63) is 36.7 Å². The molecule has 0 aliphatic heterocycles. The fourth-order valence-corrected chi connectivity index (χ4v) is 4.20. The van der Waals surface area contributed by atoms with Gasteiger partial charge in [-0.05, 0) is 57.6 Å². The summed E-state index contributed by atoms with van der Waals surface area (Å²) in [6, 6.07) is 10.9. The molecule has 2 saturated carbocycles. The molecule has 0 radical (unpaired) electrons. The minimum Gasteiger partial charge on any atom is -0.336 e. The Balaban J connectivity index is 1.43. The van der Waals surface area contributed by atoms with Crippen LogP contribution in [0.4, 0.5) is 0 Å². The molecule has 2 aliphatic carbocycles. The number of hydrogen-bond donors (Lipinski definition) is 0. The Hall–Kier alpha value is -1.82. The van der Waals surface area contributed by atoms with Crippen LogP contribution in [0, 0.1) is 0 Å². The van der Waals surface area contributed by atoms with Crippen LogP contribution < -0.4 is 0 Å². The van der Waals surface area contributed by atoms with Crippen LogP contribution in [0.15, 0.2) is 41.8 Å². The van der Waals surface area contributed by atoms with Crippen LogP contribution >= 0.6 is 11.8 Å². The van der Waals surface area contributed by atoms with Gasteiger partial charge in [-0.1, -0.05) is 30.0 Å². The molecule has 1 heterocycles. The molecular formula is C19H24N4OS. The van der Waals surface area contributed by atoms with Gasteiger partial charge in [0.15, 0.2) is 0 Å². The lowest BCUT2D eigenvalue weighted by Crippen LogP contribution is -2.54. The van der Waals surface area contributed by atoms with Crippen LogP contribution in [-0.2, 0) is 4.79 Å². The van der Waals surface area contributed by atoms with Gasteiger partial charge in [-0.25, -0.2) is 9.67 Å². The van der Waals surface area contributed by atoms with E-state index in [0.717, 1.165) is 5.69 Å². The second-order valence-corrected chi connectivity index (χ2v) is 8.29. The predicted molar refractivity (Wildman–Crippen MR) is 98.8 cm³/mol. The maximum Gasteiger partial charge on any atom is 0.236 e. The number of benzene rings is 1. The van der Waals surface area contributed by atoms with E-state index in [1.54, 1.807) is 11.0 Å². The quantitative estimate of drug-likeness (QED) is 0.741. The van der Waals surface area contributed by atoms with Crippen molar-refractivity contribution in [3.63, 3.8) is 0 Å². The number of carbonyl (C=O) groups is 1. The lowest BCUT2D eigenvalue weighted by Gasteiger charge is -2.47. The second kappa shape index (κ2) is 7.20. The molecule has 1 aromatic heterocycles. The van der Waals surface area contributed by atoms with E-state index in [2.05, 4.69) is 15.0 Å². The Bertz CT molecular complexity index is 710. The first-order valence-electron chi connectivity index (χ1n) is 9.18. The molecule has 5 nitrogen and oxygen atoms in total. The monoisotopic (exact) mass is 356 g/mol. The van der Waals surface area contributed by atoms with E-state index in [1.807, 2.05) is 37.3 Å². The number of carbonyl (C=O) groups excluding carboxylic acids is 1. The zero-order valence-electron chi connectivity index (χ0n) is 14.5. The predicted octanol–water partition coefficient (Wildman–Crippen LogP) is 3.68. The highest BCUT2D eigenvalue weighted by molar-refractivity contribution is 8.00. The summed E-state index contributed by atoms with van der Waals surface area (Å²) in [7, 11) is 0. The number of hydrogen-bond acceptors (Lipinski definition) is 4. The first kappa shape index (κ1) is 16.6. The third-order valence-corrected chi connectivity index (χ3v) is 6.27. The van der Waals surface area contributed by atoms with Crippen LogP contribution in [0.5, 0.6) is 0 Å². The number of nitrogens with zero attached hydrogens (tertiary/aromatic N) is 4. The van der Waals surface area contributed by atoms with Crippen LogP contribution in [0.1, 0.15) is 45.4 Å². The normalized spacial score (nSPS) is 19.1. The van der Waals surface area contributed by atoms with Gasteiger partial charge in [-0.3, -0.25) is 4.79 Å². The number of thioether (sulfide) groups is 1. The van der Waals surface area contributed by atoms with Crippen molar-refractivity contribution in [2.75, 3.05) is 0 Å². The van der Waals surface area contributed by atoms with Gasteiger partial charge < -0.3 is 4.90 Å². The molecule has 1 atom stereocenters. The van der Waals surface area contributed by atoms with E-state index in [0.29, 0.717) is 17.2 Å². The SMILES string of the molecule is CC(Sc1ncn(-c2ccccc2)n1)C(=O)N(C1CCC1)C1CCC1. The zero-order chi connectivity index (χ0) is 17.2. The molecular weight excluding hydrogens is 332 g/mol. The van der Waals surface area contributed by atoms with Crippen LogP contribution in [-0.4, -0.2) is 42.9 Å². The highest BCUT2D eigenvalue weighted by Crippen LogP contribution is 2.35. The smallest absolute Gasteiger partial charge is 0.236 e. The van der Waals surface area contributed by atoms with Gasteiger partial charge in [0.25, 0.3) is 0 Å². The van der Waals surface area contributed by atoms with Gasteiger partial charge in [0.05, 0.1) is 10.9 Å². The van der Waals surface area contributed by atoms with Gasteiger partial charge in [0.2, 0.25) is 11.1 Å². The Morgan fingerprint density at radius 1 is 1.16 bits per heavy atom. The van der Waals surface area contributed by atoms with E-state index in [1.165, 1.54) is 50.3 Å². The average molecular weight is 356 g/mol. The minimum absolute atomic E-state index is 0.146. The average Bonchev–Trinajstić information content (AvgIpc) is 2.99. The van der Waals surface area contributed by atoms with Crippen LogP contribution in [0.2, 0.25) is 0 Å². The van der Waals surface area contributed by atoms with Crippen LogP contribution in [0.3, 0.4) is 0 Å². The standard InChI is InChI=1S/C19H24N4OS/c1-14(18(24)23(16-9-5-10-16)17-11-6-12-17)25-19-20-13-22(21-19)15-7-3-2-4-8-15/h2-4,7-8,13-14,16-17H,5-6,9-12H2,1H3. The Kier molecular flexibility index (Phi) is 4.79. The third-order valence-electron chi connectivity index (χ3n) is 5.31.